The first-order valence-electron chi connectivity index (χ1n) is 6.14. The zero-order valence-electron chi connectivity index (χ0n) is 10.1. The van der Waals surface area contributed by atoms with Crippen molar-refractivity contribution in [1.29, 1.82) is 0 Å². The number of likely N-dealkylation sites (tertiary alicyclic amines) is 1. The molecule has 2 heterocycles. The van der Waals surface area contributed by atoms with Gasteiger partial charge < -0.3 is 0 Å². The van der Waals surface area contributed by atoms with Crippen molar-refractivity contribution in [1.82, 2.24) is 4.90 Å². The van der Waals surface area contributed by atoms with E-state index in [4.69, 9.17) is 7.80 Å². The van der Waals surface area contributed by atoms with Gasteiger partial charge in [0, 0.05) is 0 Å². The van der Waals surface area contributed by atoms with Gasteiger partial charge in [0.1, 0.15) is 0 Å². The second kappa shape index (κ2) is 5.40. The molecule has 1 aromatic rings. The number of alkyl halides is 1. The molecule has 0 aromatic heterocycles. The van der Waals surface area contributed by atoms with E-state index in [1.165, 1.54) is 12.1 Å². The summed E-state index contributed by atoms with van der Waals surface area (Å²) in [7, 11) is 0. The molecule has 5 heteroatoms. The van der Waals surface area contributed by atoms with Crippen LogP contribution in [0.1, 0.15) is 18.4 Å². The Morgan fingerprint density at radius 1 is 1.22 bits per heavy atom. The maximum absolute atomic E-state index is 12.8. The first-order chi connectivity index (χ1) is 8.76. The summed E-state index contributed by atoms with van der Waals surface area (Å²) in [5.74, 6) is -0.430. The molecule has 0 atom stereocenters. The van der Waals surface area contributed by atoms with Crippen molar-refractivity contribution < 1.29 is 33.8 Å². The van der Waals surface area contributed by atoms with Crippen molar-refractivity contribution in [2.75, 3.05) is 17.7 Å². The van der Waals surface area contributed by atoms with Gasteiger partial charge in [-0.1, -0.05) is 0 Å². The van der Waals surface area contributed by atoms with Crippen LogP contribution >= 0.6 is 0 Å². The molecular weight excluding hydrogens is 348 g/mol. The van der Waals surface area contributed by atoms with Crippen LogP contribution in [-0.2, 0) is 14.3 Å². The molecule has 0 bridgehead atoms. The molecule has 2 aliphatic heterocycles. The molecule has 2 aliphatic rings. The predicted molar refractivity (Wildman–Crippen MR) is 60.7 cm³/mol. The van der Waals surface area contributed by atoms with E-state index in [9.17, 15) is 4.39 Å². The molecule has 1 spiro atoms. The Balaban J connectivity index is 1.55. The molecule has 2 saturated heterocycles. The molecule has 0 unspecified atom stereocenters. The van der Waals surface area contributed by atoms with Gasteiger partial charge in [0.05, 0.1) is 0 Å². The van der Waals surface area contributed by atoms with E-state index < -0.39 is 0 Å². The van der Waals surface area contributed by atoms with E-state index in [-0.39, 0.29) is 33.2 Å². The number of hydrogen-bond donors (Lipinski definition) is 0. The van der Waals surface area contributed by atoms with Gasteiger partial charge in [0.2, 0.25) is 0 Å². The van der Waals surface area contributed by atoms with E-state index in [2.05, 4.69) is 4.90 Å². The molecule has 18 heavy (non-hydrogen) atoms. The third-order valence-electron chi connectivity index (χ3n) is 3.49. The summed E-state index contributed by atoms with van der Waals surface area (Å²) in [5.41, 5.74) is 1.16. The first kappa shape index (κ1) is 12.8. The predicted octanol–water partition coefficient (Wildman–Crippen LogP) is -0.874. The van der Waals surface area contributed by atoms with E-state index in [0.29, 0.717) is 0 Å². The summed E-state index contributed by atoms with van der Waals surface area (Å²) in [6, 6.07) is 6.75. The molecule has 0 aliphatic carbocycles. The second-order valence-corrected chi connectivity index (χ2v) is 6.44. The van der Waals surface area contributed by atoms with Gasteiger partial charge in [-0.25, -0.2) is 0 Å². The zero-order chi connectivity index (χ0) is 12.4. The molecule has 3 nitrogen and oxygen atoms in total. The monoisotopic (exact) mass is 364 g/mol. The Morgan fingerprint density at radius 2 is 1.94 bits per heavy atom. The van der Waals surface area contributed by atoms with E-state index in [1.54, 1.807) is 0 Å². The van der Waals surface area contributed by atoms with Crippen LogP contribution in [0.4, 0.5) is 4.39 Å². The molecule has 0 saturated carbocycles. The molecular formula is C13H16FINO2-. The minimum absolute atomic E-state index is 0.173. The van der Waals surface area contributed by atoms with Gasteiger partial charge in [0.15, 0.2) is 0 Å². The van der Waals surface area contributed by atoms with Gasteiger partial charge >= 0.3 is 117 Å². The van der Waals surface area contributed by atoms with Gasteiger partial charge in [0.25, 0.3) is 0 Å². The van der Waals surface area contributed by atoms with Crippen LogP contribution in [0.5, 0.6) is 0 Å². The number of piperidine rings is 1. The van der Waals surface area contributed by atoms with Crippen LogP contribution < -0.4 is 21.6 Å². The van der Waals surface area contributed by atoms with Crippen LogP contribution in [0.3, 0.4) is 0 Å². The quantitative estimate of drug-likeness (QED) is 0.503. The summed E-state index contributed by atoms with van der Waals surface area (Å²) < 4.78 is 25.2. The fourth-order valence-electron chi connectivity index (χ4n) is 2.39. The van der Waals surface area contributed by atoms with Crippen LogP contribution in [0, 0.1) is 5.82 Å². The van der Waals surface area contributed by atoms with Crippen LogP contribution in [0.25, 0.3) is 0 Å². The normalized spacial score (nSPS) is 24.1. The van der Waals surface area contributed by atoms with Crippen molar-refractivity contribution in [3.63, 3.8) is 0 Å². The van der Waals surface area contributed by atoms with Crippen molar-refractivity contribution >= 4 is 0 Å². The van der Waals surface area contributed by atoms with Crippen molar-refractivity contribution in [3.05, 3.63) is 35.6 Å². The first-order valence-corrected chi connectivity index (χ1v) is 8.54. The summed E-state index contributed by atoms with van der Waals surface area (Å²) in [6.45, 7) is 2.85. The topological polar surface area (TPSA) is 21.7 Å². The number of nitrogens with zero attached hydrogens (tertiary/aromatic N) is 1. The van der Waals surface area contributed by atoms with Crippen LogP contribution in [0.15, 0.2) is 24.3 Å². The van der Waals surface area contributed by atoms with Gasteiger partial charge in [-0.2, -0.15) is 0 Å². The van der Waals surface area contributed by atoms with E-state index in [0.717, 1.165) is 42.7 Å². The average Bonchev–Trinajstić information content (AvgIpc) is 2.84. The van der Waals surface area contributed by atoms with Gasteiger partial charge in [-0.3, -0.25) is 0 Å². The Hall–Kier alpha value is -0.240. The summed E-state index contributed by atoms with van der Waals surface area (Å²) in [5, 5.41) is 0. The standard InChI is InChI=1S/C13H16FINO2/c14-12-3-1-11(2-4-12)9-16-7-5-13(6-8-16)17-10-15-18-13/h1-4H,5-10H2/q-1. The molecule has 0 amide bonds. The molecule has 1 aromatic carbocycles. The second-order valence-electron chi connectivity index (χ2n) is 4.75. The average molecular weight is 364 g/mol. The van der Waals surface area contributed by atoms with Crippen LogP contribution in [-0.4, -0.2) is 28.4 Å². The van der Waals surface area contributed by atoms with Crippen molar-refractivity contribution in [2.45, 2.75) is 25.2 Å². The van der Waals surface area contributed by atoms with E-state index in [1.807, 2.05) is 12.1 Å². The minimum atomic E-state index is -0.257. The van der Waals surface area contributed by atoms with Crippen LogP contribution in [0.2, 0.25) is 0 Å². The third-order valence-corrected chi connectivity index (χ3v) is 5.17. The van der Waals surface area contributed by atoms with Crippen molar-refractivity contribution in [3.8, 4) is 0 Å². The third kappa shape index (κ3) is 2.84. The zero-order valence-corrected chi connectivity index (χ0v) is 12.2. The number of halogens is 2. The summed E-state index contributed by atoms with van der Waals surface area (Å²) in [4.78, 5) is 2.38. The molecule has 3 rings (SSSR count). The molecule has 100 valence electrons. The Kier molecular flexibility index (Phi) is 3.83. The fraction of sp³-hybridized carbons (Fsp3) is 0.538. The summed E-state index contributed by atoms with van der Waals surface area (Å²) in [6.07, 6.45) is 1.90. The molecule has 0 radical (unpaired) electrons. The van der Waals surface area contributed by atoms with E-state index >= 15 is 0 Å². The SMILES string of the molecule is Fc1ccc(CN2CCC3(CC2)OC[I-]O3)cc1. The Bertz CT molecular complexity index is 396. The number of rotatable bonds is 2. The number of benzene rings is 1. The maximum atomic E-state index is 12.8. The van der Waals surface area contributed by atoms with Gasteiger partial charge in [-0.15, -0.1) is 0 Å². The number of hydrogen-bond acceptors (Lipinski definition) is 3. The number of ether oxygens (including phenoxy) is 1. The Morgan fingerprint density at radius 3 is 2.56 bits per heavy atom. The Labute approximate surface area is 117 Å². The van der Waals surface area contributed by atoms with Crippen molar-refractivity contribution in [2.24, 2.45) is 0 Å². The fourth-order valence-corrected chi connectivity index (χ4v) is 4.34. The van der Waals surface area contributed by atoms with Gasteiger partial charge in [-0.05, 0) is 0 Å². The molecule has 0 N–H and O–H groups in total. The molecule has 2 fully saturated rings. The summed E-state index contributed by atoms with van der Waals surface area (Å²) >= 11 is -0.182.